The number of rotatable bonds is 6. The van der Waals surface area contributed by atoms with E-state index in [1.165, 1.54) is 281 Å². The van der Waals surface area contributed by atoms with Crippen LogP contribution in [0.5, 0.6) is 11.5 Å². The third-order valence-corrected chi connectivity index (χ3v) is 5.22. The number of aliphatic hydroxyl groups excluding tert-OH is 1. The van der Waals surface area contributed by atoms with Gasteiger partial charge in [-0.3, -0.25) is 0 Å². The van der Waals surface area contributed by atoms with E-state index in [1.54, 1.807) is 12.1 Å². The SMILES string of the molecule is CO.COC(=O)/C=C(/Nc1cccc(OC(C)(C)C)c1C)C(=O)OC.COC(=O)C#CC(=O)OC.Cc1c(N)cccc1OC(C)(C)C.[H-].[K+].[K][K].[K][K].[K][K].[K][K]. The molecule has 0 aliphatic heterocycles. The fraction of sp³-hybridized carbons (Fsp3) is 0.429. The molecule has 2 rings (SSSR count). The minimum absolute atomic E-state index is 0. The summed E-state index contributed by atoms with van der Waals surface area (Å²) in [6, 6.07) is 11.1. The third-order valence-electron chi connectivity index (χ3n) is 5.22. The maximum atomic E-state index is 11.8. The molecule has 2 aromatic carbocycles. The van der Waals surface area contributed by atoms with Crippen LogP contribution >= 0.6 is 0 Å². The van der Waals surface area contributed by atoms with E-state index in [0.717, 1.165) is 35.7 Å². The Balaban J connectivity index is -0.000000102. The molecule has 0 atom stereocenters. The molecule has 0 unspecified atom stereocenters. The van der Waals surface area contributed by atoms with Crippen LogP contribution in [0.2, 0.25) is 0 Å². The van der Waals surface area contributed by atoms with Gasteiger partial charge in [0.15, 0.2) is 0 Å². The Bertz CT molecular complexity index is 1460. The molecule has 0 aromatic heterocycles. The molecule has 0 aliphatic carbocycles. The zero-order chi connectivity index (χ0) is 45.7. The van der Waals surface area contributed by atoms with Crippen molar-refractivity contribution in [1.82, 2.24) is 0 Å². The number of nitrogens with two attached hydrogens (primary N) is 1. The van der Waals surface area contributed by atoms with Crippen LogP contribution in [0, 0.1) is 25.7 Å². The number of carbonyl (C=O) groups is 4. The Morgan fingerprint density at radius 2 is 1.04 bits per heavy atom. The van der Waals surface area contributed by atoms with Crippen molar-refractivity contribution >= 4 is 288 Å². The molecule has 13 nitrogen and oxygen atoms in total. The molecule has 0 radical (unpaired) electrons. The Labute approximate surface area is 567 Å². The van der Waals surface area contributed by atoms with Gasteiger partial charge in [-0.15, -0.1) is 0 Å². The molecule has 0 saturated carbocycles. The van der Waals surface area contributed by atoms with Crippen molar-refractivity contribution in [1.29, 1.82) is 0 Å². The number of nitrogen functional groups attached to an aromatic ring is 1. The number of benzene rings is 2. The zero-order valence-electron chi connectivity index (χ0n) is 40.1. The normalized spacial score (nSPS) is 9.19. The summed E-state index contributed by atoms with van der Waals surface area (Å²) in [7, 11) is 5.82. The Hall–Kier alpha value is 9.51. The van der Waals surface area contributed by atoms with E-state index in [0.29, 0.717) is 11.4 Å². The van der Waals surface area contributed by atoms with Crippen molar-refractivity contribution in [2.24, 2.45) is 0 Å². The second-order valence-corrected chi connectivity index (χ2v) is 11.3. The van der Waals surface area contributed by atoms with E-state index >= 15 is 0 Å². The first-order valence-corrected chi connectivity index (χ1v) is 82.4. The van der Waals surface area contributed by atoms with Crippen molar-refractivity contribution in [3.63, 3.8) is 0 Å². The number of hydrogen-bond acceptors (Lipinski definition) is 13. The molecule has 276 valence electrons. The molecule has 2 aromatic rings. The van der Waals surface area contributed by atoms with Gasteiger partial charge in [-0.05, 0) is 79.7 Å². The molecular weight excluding hydrogens is 976 g/mol. The third kappa shape index (κ3) is 50.3. The van der Waals surface area contributed by atoms with Gasteiger partial charge in [0.05, 0.1) is 34.5 Å². The van der Waals surface area contributed by atoms with Gasteiger partial charge < -0.3 is 46.0 Å². The van der Waals surface area contributed by atoms with Crippen LogP contribution in [0.25, 0.3) is 0 Å². The topological polar surface area (TPSA) is 182 Å². The summed E-state index contributed by atoms with van der Waals surface area (Å²) in [5.74, 6) is 2.51. The van der Waals surface area contributed by atoms with Crippen molar-refractivity contribution in [3.8, 4) is 23.3 Å². The molecule has 57 heavy (non-hydrogen) atoms. The van der Waals surface area contributed by atoms with Crippen LogP contribution in [-0.2, 0) is 38.1 Å². The second-order valence-electron chi connectivity index (χ2n) is 11.3. The van der Waals surface area contributed by atoms with Crippen molar-refractivity contribution in [3.05, 3.63) is 59.3 Å². The second kappa shape index (κ2) is 54.8. The summed E-state index contributed by atoms with van der Waals surface area (Å²) in [5, 5.41) is 9.90. The molecule has 0 saturated heterocycles. The molecule has 4 N–H and O–H groups in total. The predicted octanol–water partition coefficient (Wildman–Crippen LogP) is -1.42. The fourth-order valence-electron chi connectivity index (χ4n) is 3.04. The average molecular weight is 1030 g/mol. The first-order chi connectivity index (χ1) is 26.3. The van der Waals surface area contributed by atoms with Gasteiger partial charge in [0.1, 0.15) is 28.4 Å². The van der Waals surface area contributed by atoms with E-state index in [9.17, 15) is 19.2 Å². The first-order valence-electron chi connectivity index (χ1n) is 18.4. The Kier molecular flexibility index (Phi) is 77.5. The number of hydrogen-bond donors (Lipinski definition) is 3. The fourth-order valence-corrected chi connectivity index (χ4v) is 3.04. The monoisotopic (exact) mass is 1030 g/mol. The summed E-state index contributed by atoms with van der Waals surface area (Å²) in [5.41, 5.74) is 8.45. The molecule has 0 heterocycles. The number of nitrogens with one attached hydrogen (secondary N) is 1. The molecule has 0 fully saturated rings. The van der Waals surface area contributed by atoms with Crippen LogP contribution in [0.3, 0.4) is 0 Å². The Morgan fingerprint density at radius 3 is 1.37 bits per heavy atom. The number of carbonyl (C=O) groups excluding carboxylic acids is 4. The number of esters is 4. The van der Waals surface area contributed by atoms with Crippen LogP contribution in [-0.4, -0.2) is 328 Å². The van der Waals surface area contributed by atoms with Crippen molar-refractivity contribution in [2.75, 3.05) is 46.6 Å². The predicted molar refractivity (Wildman–Crippen MR) is 230 cm³/mol. The van der Waals surface area contributed by atoms with Gasteiger partial charge in [0.2, 0.25) is 0 Å². The van der Waals surface area contributed by atoms with E-state index in [4.69, 9.17) is 20.3 Å². The summed E-state index contributed by atoms with van der Waals surface area (Å²) < 4.78 is 29.1. The van der Waals surface area contributed by atoms with Crippen LogP contribution < -0.4 is 71.9 Å². The van der Waals surface area contributed by atoms with Gasteiger partial charge in [-0.2, -0.15) is 0 Å². The number of ether oxygens (including phenoxy) is 6. The summed E-state index contributed by atoms with van der Waals surface area (Å²) in [4.78, 5) is 43.7. The summed E-state index contributed by atoms with van der Waals surface area (Å²) in [6.45, 7) is 15.7. The van der Waals surface area contributed by atoms with Crippen molar-refractivity contribution in [2.45, 2.75) is 66.6 Å². The van der Waals surface area contributed by atoms with Crippen molar-refractivity contribution < 1.29 is 106 Å². The van der Waals surface area contributed by atoms with Crippen LogP contribution in [0.4, 0.5) is 11.4 Å². The van der Waals surface area contributed by atoms with Crippen LogP contribution in [0.1, 0.15) is 54.1 Å². The maximum absolute atomic E-state index is 11.8. The van der Waals surface area contributed by atoms with Gasteiger partial charge >= 0.3 is 328 Å². The molecule has 22 heteroatoms. The van der Waals surface area contributed by atoms with Gasteiger partial charge in [-0.25, -0.2) is 19.2 Å². The zero-order valence-corrected chi connectivity index (χ0v) is 67.3. The average Bonchev–Trinajstić information content (AvgIpc) is 3.19. The summed E-state index contributed by atoms with van der Waals surface area (Å²) >= 11 is 10.0. The molecule has 0 spiro atoms. The van der Waals surface area contributed by atoms with Gasteiger partial charge in [-0.1, -0.05) is 12.1 Å². The quantitative estimate of drug-likeness (QED) is 0.0585. The van der Waals surface area contributed by atoms with E-state index in [1.807, 2.05) is 91.5 Å². The minimum atomic E-state index is -0.759. The van der Waals surface area contributed by atoms with E-state index in [2.05, 4.69) is 24.3 Å². The van der Waals surface area contributed by atoms with Gasteiger partial charge in [0, 0.05) is 41.5 Å². The number of aliphatic hydroxyl groups is 1. The van der Waals surface area contributed by atoms with E-state index < -0.39 is 23.9 Å². The standard InChI is InChI=1S/C17H23NO5.C11H17NO.C6H6O4.CH4O.9K.H/c1-11-12(8-7-9-14(11)23-17(2,3)4)18-13(16(20)22-6)10-15(19)21-5;1-8-9(12)6-5-7-10(8)13-11(2,3)4;1-9-5(7)3-4-6(8)10-2;1-2;;;;;;;;;;/h7-10,18H,1-6H3;5-7H,12H2,1-4H3;1-2H3;2H,1H3;;;;;;;;;;/q;;;;;;;;;;;;+1;-1/b13-10+;;;;;;;;;;;;;. The van der Waals surface area contributed by atoms with Gasteiger partial charge in [0.25, 0.3) is 0 Å². The Morgan fingerprint density at radius 1 is 0.667 bits per heavy atom. The molecule has 0 bridgehead atoms. The first kappa shape index (κ1) is 80.6. The van der Waals surface area contributed by atoms with Crippen LogP contribution in [0.15, 0.2) is 48.2 Å². The molecule has 0 amide bonds. The number of anilines is 2. The van der Waals surface area contributed by atoms with E-state index in [-0.39, 0.29) is 69.7 Å². The number of methoxy groups -OCH3 is 4. The molecule has 0 aliphatic rings. The summed E-state index contributed by atoms with van der Waals surface area (Å²) in [6.07, 6.45) is 1.04. The molecular formula is C35H51K9N2O11.